The van der Waals surface area contributed by atoms with Crippen molar-refractivity contribution in [2.24, 2.45) is 5.92 Å². The van der Waals surface area contributed by atoms with E-state index in [1.165, 1.54) is 11.2 Å². The number of carbonyl (C=O) groups is 1. The molecule has 1 aliphatic heterocycles. The standard InChI is InChI=1S/C21H22NO4S.Pt/c1-15-9-11-19(12-10-15)27(24,25)22-13-16(2)20(14-22)21(26-17(3)23)18-7-5-4-6-8-18;/h2,4-12,20-21H,13-14H2,1,3H3;/q-1;/i2D;. The second-order valence-electron chi connectivity index (χ2n) is 6.68. The Morgan fingerprint density at radius 2 is 1.86 bits per heavy atom. The van der Waals surface area contributed by atoms with Crippen LogP contribution in [0.5, 0.6) is 0 Å². The number of esters is 1. The summed E-state index contributed by atoms with van der Waals surface area (Å²) in [6.07, 6.45) is -0.676. The maximum Gasteiger partial charge on any atom is 0.303 e. The Balaban J connectivity index is 0.00000300. The molecule has 5 nitrogen and oxygen atoms in total. The third kappa shape index (κ3) is 4.80. The SMILES string of the molecule is [2H][C-]=C1CN(S(=O)(=O)c2ccc(C)cc2)CC1C(OC(C)=O)c1ccccc1.[Pt]. The van der Waals surface area contributed by atoms with Crippen LogP contribution in [0.4, 0.5) is 0 Å². The van der Waals surface area contributed by atoms with E-state index in [2.05, 4.69) is 6.55 Å². The minimum absolute atomic E-state index is 0. The summed E-state index contributed by atoms with van der Waals surface area (Å²) in [5, 5.41) is 0. The van der Waals surface area contributed by atoms with E-state index >= 15 is 0 Å². The molecule has 7 heteroatoms. The number of ether oxygens (including phenoxy) is 1. The normalized spacial score (nSPS) is 20.3. The molecule has 2 aromatic rings. The predicted octanol–water partition coefficient (Wildman–Crippen LogP) is 3.28. The van der Waals surface area contributed by atoms with Gasteiger partial charge in [-0.25, -0.2) is 15.4 Å². The van der Waals surface area contributed by atoms with Crippen molar-refractivity contribution in [1.29, 1.82) is 0 Å². The van der Waals surface area contributed by atoms with Gasteiger partial charge in [-0.15, -0.1) is 0 Å². The molecule has 0 radical (unpaired) electrons. The van der Waals surface area contributed by atoms with Gasteiger partial charge < -0.3 is 11.3 Å². The molecule has 2 aromatic carbocycles. The van der Waals surface area contributed by atoms with Gasteiger partial charge in [-0.05, 0) is 24.6 Å². The molecule has 2 atom stereocenters. The maximum atomic E-state index is 13.0. The first-order valence-electron chi connectivity index (χ1n) is 9.15. The van der Waals surface area contributed by atoms with Crippen molar-refractivity contribution in [3.8, 4) is 0 Å². The first-order valence-corrected chi connectivity index (χ1v) is 10.1. The molecule has 0 N–H and O–H groups in total. The van der Waals surface area contributed by atoms with E-state index in [-0.39, 0.29) is 39.1 Å². The van der Waals surface area contributed by atoms with E-state index < -0.39 is 28.0 Å². The zero-order chi connectivity index (χ0) is 20.3. The number of rotatable bonds is 5. The summed E-state index contributed by atoms with van der Waals surface area (Å²) in [5.41, 5.74) is 2.22. The van der Waals surface area contributed by atoms with Crippen LogP contribution < -0.4 is 0 Å². The fourth-order valence-electron chi connectivity index (χ4n) is 3.23. The smallest absolute Gasteiger partial charge is 0.303 e. The number of hydrogen-bond acceptors (Lipinski definition) is 4. The third-order valence-corrected chi connectivity index (χ3v) is 6.47. The van der Waals surface area contributed by atoms with E-state index in [1.807, 2.05) is 37.3 Å². The van der Waals surface area contributed by atoms with Crippen molar-refractivity contribution in [2.75, 3.05) is 13.1 Å². The molecule has 0 bridgehead atoms. The second kappa shape index (κ2) is 9.16. The molecule has 28 heavy (non-hydrogen) atoms. The molecule has 1 saturated heterocycles. The average molecular weight is 581 g/mol. The van der Waals surface area contributed by atoms with E-state index in [0.717, 1.165) is 11.1 Å². The zero-order valence-electron chi connectivity index (χ0n) is 16.6. The Bertz CT molecular complexity index is 978. The number of aryl methyl sites for hydroxylation is 1. The number of nitrogens with zero attached hydrogens (tertiary/aromatic N) is 1. The quantitative estimate of drug-likeness (QED) is 0.403. The van der Waals surface area contributed by atoms with Gasteiger partial charge in [0.15, 0.2) is 0 Å². The maximum absolute atomic E-state index is 13.0. The van der Waals surface area contributed by atoms with Crippen LogP contribution in [-0.2, 0) is 40.6 Å². The molecule has 0 saturated carbocycles. The van der Waals surface area contributed by atoms with Gasteiger partial charge in [-0.3, -0.25) is 4.79 Å². The van der Waals surface area contributed by atoms with Gasteiger partial charge in [0.25, 0.3) is 0 Å². The summed E-state index contributed by atoms with van der Waals surface area (Å²) in [6.45, 7) is 5.74. The fourth-order valence-corrected chi connectivity index (χ4v) is 4.67. The van der Waals surface area contributed by atoms with Crippen LogP contribution >= 0.6 is 0 Å². The van der Waals surface area contributed by atoms with Crippen LogP contribution in [0, 0.1) is 19.4 Å². The molecule has 152 valence electrons. The number of hydrogen-bond donors (Lipinski definition) is 0. The zero-order valence-corrected chi connectivity index (χ0v) is 18.7. The first-order chi connectivity index (χ1) is 13.3. The van der Waals surface area contributed by atoms with Gasteiger partial charge in [0.1, 0.15) is 6.10 Å². The molecule has 0 aliphatic carbocycles. The van der Waals surface area contributed by atoms with Crippen molar-refractivity contribution in [3.05, 3.63) is 77.9 Å². The monoisotopic (exact) mass is 580 g/mol. The van der Waals surface area contributed by atoms with Gasteiger partial charge in [0, 0.05) is 47.0 Å². The summed E-state index contributed by atoms with van der Waals surface area (Å²) in [4.78, 5) is 11.9. The molecule has 2 unspecified atom stereocenters. The van der Waals surface area contributed by atoms with Crippen LogP contribution in [0.3, 0.4) is 0 Å². The van der Waals surface area contributed by atoms with Crippen LogP contribution in [-0.4, -0.2) is 31.8 Å². The van der Waals surface area contributed by atoms with Crippen molar-refractivity contribution < 1.29 is 40.4 Å². The molecule has 1 fully saturated rings. The minimum Gasteiger partial charge on any atom is -0.513 e. The van der Waals surface area contributed by atoms with Crippen LogP contribution in [0.1, 0.15) is 25.5 Å². The molecule has 0 amide bonds. The number of sulfonamides is 1. The summed E-state index contributed by atoms with van der Waals surface area (Å²) in [6, 6.07) is 15.8. The Morgan fingerprint density at radius 3 is 2.43 bits per heavy atom. The average Bonchev–Trinajstić information content (AvgIpc) is 3.12. The summed E-state index contributed by atoms with van der Waals surface area (Å²) < 4.78 is 40.6. The van der Waals surface area contributed by atoms with Crippen molar-refractivity contribution in [2.45, 2.75) is 24.8 Å². The van der Waals surface area contributed by atoms with E-state index in [1.54, 1.807) is 24.3 Å². The molecule has 1 aliphatic rings. The van der Waals surface area contributed by atoms with E-state index in [9.17, 15) is 13.2 Å². The summed E-state index contributed by atoms with van der Waals surface area (Å²) in [5.74, 6) is -0.929. The molecule has 0 aromatic heterocycles. The van der Waals surface area contributed by atoms with Crippen LogP contribution in [0.15, 0.2) is 65.1 Å². The first kappa shape index (κ1) is 21.0. The van der Waals surface area contributed by atoms with Crippen LogP contribution in [0.25, 0.3) is 0 Å². The second-order valence-corrected chi connectivity index (χ2v) is 8.62. The summed E-state index contributed by atoms with van der Waals surface area (Å²) >= 11 is 0. The predicted molar refractivity (Wildman–Crippen MR) is 102 cm³/mol. The largest absolute Gasteiger partial charge is 0.513 e. The number of benzene rings is 2. The number of carbonyl (C=O) groups excluding carboxylic acids is 1. The Kier molecular flexibility index (Phi) is 6.86. The molecular formula is C21H22NO4PtS-. The van der Waals surface area contributed by atoms with Gasteiger partial charge in [-0.2, -0.15) is 4.31 Å². The van der Waals surface area contributed by atoms with Gasteiger partial charge >= 0.3 is 5.97 Å². The van der Waals surface area contributed by atoms with E-state index in [4.69, 9.17) is 6.11 Å². The molecule has 0 spiro atoms. The topological polar surface area (TPSA) is 63.7 Å². The molecular weight excluding hydrogens is 557 g/mol. The molecule has 3 rings (SSSR count). The van der Waals surface area contributed by atoms with Crippen molar-refractivity contribution >= 4 is 16.0 Å². The third-order valence-electron chi connectivity index (χ3n) is 4.64. The minimum atomic E-state index is -3.73. The summed E-state index contributed by atoms with van der Waals surface area (Å²) in [7, 11) is -3.73. The Hall–Kier alpha value is -1.75. The van der Waals surface area contributed by atoms with Crippen molar-refractivity contribution in [3.63, 3.8) is 0 Å². The van der Waals surface area contributed by atoms with Gasteiger partial charge in [0.05, 0.1) is 4.90 Å². The molecule has 1 heterocycles. The van der Waals surface area contributed by atoms with Gasteiger partial charge in [0.2, 0.25) is 10.0 Å². The van der Waals surface area contributed by atoms with Gasteiger partial charge in [-0.1, -0.05) is 48.0 Å². The Labute approximate surface area is 182 Å². The van der Waals surface area contributed by atoms with Crippen molar-refractivity contribution in [1.82, 2.24) is 4.31 Å². The fraction of sp³-hybridized carbons (Fsp3) is 0.286. The van der Waals surface area contributed by atoms with Crippen LogP contribution in [0.2, 0.25) is 0 Å². The Morgan fingerprint density at radius 1 is 1.21 bits per heavy atom. The van der Waals surface area contributed by atoms with E-state index in [0.29, 0.717) is 5.57 Å².